The molecule has 0 aliphatic heterocycles. The number of rotatable bonds is 3. The first-order valence-electron chi connectivity index (χ1n) is 11.4. The van der Waals surface area contributed by atoms with Gasteiger partial charge in [0, 0.05) is 0 Å². The van der Waals surface area contributed by atoms with Crippen molar-refractivity contribution in [3.05, 3.63) is 133 Å². The minimum atomic E-state index is 1.24. The monoisotopic (exact) mass is 420 g/mol. The van der Waals surface area contributed by atoms with Crippen LogP contribution in [0, 0.1) is 6.92 Å². The molecule has 0 radical (unpaired) electrons. The van der Waals surface area contributed by atoms with E-state index < -0.39 is 0 Å². The fourth-order valence-corrected chi connectivity index (χ4v) is 4.83. The summed E-state index contributed by atoms with van der Waals surface area (Å²) in [4.78, 5) is 0. The van der Waals surface area contributed by atoms with E-state index in [4.69, 9.17) is 0 Å². The van der Waals surface area contributed by atoms with Gasteiger partial charge in [-0.15, -0.1) is 0 Å². The summed E-state index contributed by atoms with van der Waals surface area (Å²) in [6.07, 6.45) is 0. The van der Waals surface area contributed by atoms with Crippen LogP contribution in [0.5, 0.6) is 0 Å². The van der Waals surface area contributed by atoms with Crippen LogP contribution in [-0.4, -0.2) is 0 Å². The van der Waals surface area contributed by atoms with Crippen LogP contribution in [0.3, 0.4) is 0 Å². The Morgan fingerprint density at radius 2 is 0.788 bits per heavy atom. The number of fused-ring (bicyclic) bond motifs is 2. The van der Waals surface area contributed by atoms with Crippen LogP contribution >= 0.6 is 0 Å². The Labute approximate surface area is 194 Å². The molecular formula is C33H24. The number of hydrogen-bond donors (Lipinski definition) is 0. The molecule has 0 amide bonds. The molecule has 0 aromatic heterocycles. The summed E-state index contributed by atoms with van der Waals surface area (Å²) >= 11 is 0. The van der Waals surface area contributed by atoms with Crippen molar-refractivity contribution in [1.82, 2.24) is 0 Å². The molecule has 6 rings (SSSR count). The van der Waals surface area contributed by atoms with Gasteiger partial charge in [0.25, 0.3) is 0 Å². The van der Waals surface area contributed by atoms with Crippen molar-refractivity contribution in [3.63, 3.8) is 0 Å². The third kappa shape index (κ3) is 3.60. The van der Waals surface area contributed by atoms with Crippen molar-refractivity contribution in [1.29, 1.82) is 0 Å². The van der Waals surface area contributed by atoms with Crippen LogP contribution in [0.2, 0.25) is 0 Å². The SMILES string of the molecule is Cc1c(-c2ccc(-c3ccc4ccccc4c3)cc2)cccc1-c1ccc2ccccc2c1. The van der Waals surface area contributed by atoms with E-state index in [0.29, 0.717) is 0 Å². The van der Waals surface area contributed by atoms with Gasteiger partial charge in [0.2, 0.25) is 0 Å². The van der Waals surface area contributed by atoms with Crippen LogP contribution in [-0.2, 0) is 0 Å². The van der Waals surface area contributed by atoms with Crippen LogP contribution in [0.25, 0.3) is 54.9 Å². The summed E-state index contributed by atoms with van der Waals surface area (Å²) in [5, 5.41) is 5.11. The van der Waals surface area contributed by atoms with Crippen LogP contribution in [0.4, 0.5) is 0 Å². The molecule has 0 spiro atoms. The molecule has 0 aliphatic rings. The van der Waals surface area contributed by atoms with E-state index in [0.717, 1.165) is 0 Å². The van der Waals surface area contributed by atoms with Gasteiger partial charge in [-0.05, 0) is 79.5 Å². The summed E-state index contributed by atoms with van der Waals surface area (Å²) in [6.45, 7) is 2.23. The topological polar surface area (TPSA) is 0 Å². The van der Waals surface area contributed by atoms with Gasteiger partial charge in [-0.2, -0.15) is 0 Å². The van der Waals surface area contributed by atoms with Crippen molar-refractivity contribution >= 4 is 21.5 Å². The zero-order valence-electron chi connectivity index (χ0n) is 18.6. The summed E-state index contributed by atoms with van der Waals surface area (Å²) in [7, 11) is 0. The third-order valence-electron chi connectivity index (χ3n) is 6.67. The predicted molar refractivity (Wildman–Crippen MR) is 142 cm³/mol. The molecule has 0 bridgehead atoms. The zero-order valence-corrected chi connectivity index (χ0v) is 18.6. The second-order valence-electron chi connectivity index (χ2n) is 8.68. The Hall–Kier alpha value is -4.16. The maximum absolute atomic E-state index is 2.30. The summed E-state index contributed by atoms with van der Waals surface area (Å²) in [5.74, 6) is 0. The Morgan fingerprint density at radius 3 is 1.42 bits per heavy atom. The molecule has 6 aromatic rings. The van der Waals surface area contributed by atoms with Gasteiger partial charge in [0.05, 0.1) is 0 Å². The number of benzene rings is 6. The van der Waals surface area contributed by atoms with Gasteiger partial charge in [-0.3, -0.25) is 0 Å². The van der Waals surface area contributed by atoms with Crippen molar-refractivity contribution in [2.75, 3.05) is 0 Å². The highest BCUT2D eigenvalue weighted by Crippen LogP contribution is 2.34. The van der Waals surface area contributed by atoms with E-state index in [1.807, 2.05) is 0 Å². The van der Waals surface area contributed by atoms with Gasteiger partial charge < -0.3 is 0 Å². The van der Waals surface area contributed by atoms with Gasteiger partial charge >= 0.3 is 0 Å². The van der Waals surface area contributed by atoms with Crippen LogP contribution in [0.15, 0.2) is 127 Å². The van der Waals surface area contributed by atoms with Crippen molar-refractivity contribution < 1.29 is 0 Å². The predicted octanol–water partition coefficient (Wildman–Crippen LogP) is 9.30. The lowest BCUT2D eigenvalue weighted by Gasteiger charge is -2.13. The minimum Gasteiger partial charge on any atom is -0.0616 e. The molecule has 6 aromatic carbocycles. The molecule has 0 atom stereocenters. The largest absolute Gasteiger partial charge is 0.0616 e. The normalized spacial score (nSPS) is 11.2. The highest BCUT2D eigenvalue weighted by Gasteiger charge is 2.09. The quantitative estimate of drug-likeness (QED) is 0.267. The third-order valence-corrected chi connectivity index (χ3v) is 6.67. The first-order chi connectivity index (χ1) is 16.3. The average molecular weight is 421 g/mol. The first kappa shape index (κ1) is 19.5. The molecule has 33 heavy (non-hydrogen) atoms. The first-order valence-corrected chi connectivity index (χ1v) is 11.4. The van der Waals surface area contributed by atoms with Crippen LogP contribution in [0.1, 0.15) is 5.56 Å². The average Bonchev–Trinajstić information content (AvgIpc) is 2.88. The van der Waals surface area contributed by atoms with E-state index in [2.05, 4.69) is 134 Å². The maximum Gasteiger partial charge on any atom is -0.0148 e. The lowest BCUT2D eigenvalue weighted by molar-refractivity contribution is 1.45. The van der Waals surface area contributed by atoms with Gasteiger partial charge in [-0.1, -0.05) is 115 Å². The molecule has 0 heterocycles. The van der Waals surface area contributed by atoms with Crippen molar-refractivity contribution in [2.45, 2.75) is 6.92 Å². The van der Waals surface area contributed by atoms with E-state index in [-0.39, 0.29) is 0 Å². The highest BCUT2D eigenvalue weighted by atomic mass is 14.1. The fourth-order valence-electron chi connectivity index (χ4n) is 4.83. The molecule has 0 saturated carbocycles. The van der Waals surface area contributed by atoms with Gasteiger partial charge in [0.1, 0.15) is 0 Å². The number of hydrogen-bond acceptors (Lipinski definition) is 0. The molecule has 0 fully saturated rings. The highest BCUT2D eigenvalue weighted by molar-refractivity contribution is 5.90. The molecule has 0 heteroatoms. The fraction of sp³-hybridized carbons (Fsp3) is 0.0303. The second kappa shape index (κ2) is 8.07. The second-order valence-corrected chi connectivity index (χ2v) is 8.68. The lowest BCUT2D eigenvalue weighted by Crippen LogP contribution is -1.89. The van der Waals surface area contributed by atoms with E-state index in [1.165, 1.54) is 60.5 Å². The lowest BCUT2D eigenvalue weighted by atomic mass is 9.91. The molecule has 0 aliphatic carbocycles. The van der Waals surface area contributed by atoms with Crippen molar-refractivity contribution in [3.8, 4) is 33.4 Å². The van der Waals surface area contributed by atoms with E-state index in [1.54, 1.807) is 0 Å². The van der Waals surface area contributed by atoms with Crippen molar-refractivity contribution in [2.24, 2.45) is 0 Å². The van der Waals surface area contributed by atoms with Gasteiger partial charge in [0.15, 0.2) is 0 Å². The molecule has 0 nitrogen and oxygen atoms in total. The van der Waals surface area contributed by atoms with E-state index in [9.17, 15) is 0 Å². The maximum atomic E-state index is 2.30. The standard InChI is InChI=1S/C33H24/c1-23-32(11-6-12-33(23)31-20-16-25-8-3-5-10-29(25)22-31)27-17-13-26(14-18-27)30-19-15-24-7-2-4-9-28(24)21-30/h2-22H,1H3. The Bertz CT molecular complexity index is 1600. The Morgan fingerprint density at radius 1 is 0.333 bits per heavy atom. The zero-order chi connectivity index (χ0) is 22.2. The summed E-state index contributed by atoms with van der Waals surface area (Å²) in [6, 6.07) is 46.1. The smallest absolute Gasteiger partial charge is 0.0148 e. The molecule has 0 saturated heterocycles. The van der Waals surface area contributed by atoms with Crippen LogP contribution < -0.4 is 0 Å². The molecule has 0 unspecified atom stereocenters. The molecule has 156 valence electrons. The minimum absolute atomic E-state index is 1.24. The Kier molecular flexibility index (Phi) is 4.78. The van der Waals surface area contributed by atoms with Gasteiger partial charge in [-0.25, -0.2) is 0 Å². The summed E-state index contributed by atoms with van der Waals surface area (Å²) < 4.78 is 0. The van der Waals surface area contributed by atoms with E-state index >= 15 is 0 Å². The molecular weight excluding hydrogens is 396 g/mol. The molecule has 0 N–H and O–H groups in total. The summed E-state index contributed by atoms with van der Waals surface area (Å²) in [5.41, 5.74) is 8.89. The Balaban J connectivity index is 1.37.